The third-order valence-corrected chi connectivity index (χ3v) is 3.02. The Morgan fingerprint density at radius 3 is 2.61 bits per heavy atom. The number of anilines is 2. The first-order chi connectivity index (χ1) is 10.8. The smallest absolute Gasteiger partial charge is 0.413 e. The number of hydrogen-bond donors (Lipinski definition) is 2. The summed E-state index contributed by atoms with van der Waals surface area (Å²) in [6, 6.07) is 5.55. The summed E-state index contributed by atoms with van der Waals surface area (Å²) in [5.41, 5.74) is 2.64. The second-order valence-corrected chi connectivity index (χ2v) is 6.21. The highest BCUT2D eigenvalue weighted by molar-refractivity contribution is 5.83. The van der Waals surface area contributed by atoms with Gasteiger partial charge in [-0.15, -0.1) is 0 Å². The average Bonchev–Trinajstić information content (AvgIpc) is 2.46. The highest BCUT2D eigenvalue weighted by Crippen LogP contribution is 2.14. The van der Waals surface area contributed by atoms with Crippen LogP contribution in [0, 0.1) is 6.92 Å². The van der Waals surface area contributed by atoms with Gasteiger partial charge in [0.25, 0.3) is 0 Å². The lowest BCUT2D eigenvalue weighted by Gasteiger charge is -2.19. The van der Waals surface area contributed by atoms with Crippen molar-refractivity contribution in [3.63, 3.8) is 0 Å². The molecule has 1 amide bonds. The van der Waals surface area contributed by atoms with E-state index in [-0.39, 0.29) is 0 Å². The second-order valence-electron chi connectivity index (χ2n) is 6.21. The predicted octanol–water partition coefficient (Wildman–Crippen LogP) is 3.74. The van der Waals surface area contributed by atoms with E-state index in [0.29, 0.717) is 12.4 Å². The highest BCUT2D eigenvalue weighted by Gasteiger charge is 2.16. The van der Waals surface area contributed by atoms with Gasteiger partial charge in [-0.1, -0.05) is 0 Å². The number of rotatable bonds is 4. The highest BCUT2D eigenvalue weighted by atomic mass is 16.6. The van der Waals surface area contributed by atoms with Crippen molar-refractivity contribution in [2.45, 2.75) is 39.8 Å². The quantitative estimate of drug-likeness (QED) is 0.899. The molecule has 2 aromatic rings. The minimum Gasteiger partial charge on any atom is -0.444 e. The summed E-state index contributed by atoms with van der Waals surface area (Å²) in [7, 11) is 0. The molecule has 6 heteroatoms. The Morgan fingerprint density at radius 2 is 2.00 bits per heavy atom. The Bertz CT molecular complexity index is 663. The van der Waals surface area contributed by atoms with Gasteiger partial charge in [-0.25, -0.2) is 9.78 Å². The third-order valence-electron chi connectivity index (χ3n) is 3.02. The van der Waals surface area contributed by atoms with Gasteiger partial charge in [0.15, 0.2) is 0 Å². The Hall–Kier alpha value is -2.63. The Morgan fingerprint density at radius 1 is 1.22 bits per heavy atom. The molecule has 0 fully saturated rings. The van der Waals surface area contributed by atoms with Crippen LogP contribution in [0.1, 0.15) is 31.9 Å². The number of carbonyl (C=O) groups excluding carboxylic acids is 1. The van der Waals surface area contributed by atoms with Gasteiger partial charge < -0.3 is 10.1 Å². The molecule has 0 saturated carbocycles. The predicted molar refractivity (Wildman–Crippen MR) is 90.4 cm³/mol. The summed E-state index contributed by atoms with van der Waals surface area (Å²) in [6.45, 7) is 8.15. The van der Waals surface area contributed by atoms with Crippen LogP contribution in [0.3, 0.4) is 0 Å². The molecule has 0 saturated heterocycles. The standard InChI is InChI=1S/C17H22N4O2/c1-12-7-8-18-9-13(12)10-19-14-5-6-15(20-11-14)21-16(22)23-17(2,3)4/h5-9,11,19H,10H2,1-4H3,(H,20,21,22). The van der Waals surface area contributed by atoms with Gasteiger partial charge in [0.05, 0.1) is 11.9 Å². The lowest BCUT2D eigenvalue weighted by atomic mass is 10.1. The van der Waals surface area contributed by atoms with Crippen LogP contribution in [0.2, 0.25) is 0 Å². The SMILES string of the molecule is Cc1ccncc1CNc1ccc(NC(=O)OC(C)(C)C)nc1. The number of amides is 1. The minimum absolute atomic E-state index is 0.447. The van der Waals surface area contributed by atoms with Crippen LogP contribution in [0.25, 0.3) is 0 Å². The number of pyridine rings is 2. The van der Waals surface area contributed by atoms with E-state index in [1.165, 1.54) is 5.56 Å². The second kappa shape index (κ2) is 7.09. The molecule has 6 nitrogen and oxygen atoms in total. The largest absolute Gasteiger partial charge is 0.444 e. The number of nitrogens with one attached hydrogen (secondary N) is 2. The Balaban J connectivity index is 1.90. The number of nitrogens with zero attached hydrogens (tertiary/aromatic N) is 2. The van der Waals surface area contributed by atoms with Crippen LogP contribution in [-0.4, -0.2) is 21.7 Å². The van der Waals surface area contributed by atoms with Crippen molar-refractivity contribution in [1.82, 2.24) is 9.97 Å². The molecule has 0 aliphatic heterocycles. The maximum atomic E-state index is 11.7. The molecule has 0 bridgehead atoms. The molecule has 0 aliphatic rings. The van der Waals surface area contributed by atoms with Crippen molar-refractivity contribution in [3.8, 4) is 0 Å². The first-order valence-electron chi connectivity index (χ1n) is 7.43. The zero-order valence-corrected chi connectivity index (χ0v) is 13.9. The van der Waals surface area contributed by atoms with E-state index < -0.39 is 11.7 Å². The molecular weight excluding hydrogens is 292 g/mol. The molecule has 0 unspecified atom stereocenters. The molecule has 2 heterocycles. The number of hydrogen-bond acceptors (Lipinski definition) is 5. The molecule has 0 atom stereocenters. The molecule has 0 radical (unpaired) electrons. The summed E-state index contributed by atoms with van der Waals surface area (Å²) in [5.74, 6) is 0.447. The van der Waals surface area contributed by atoms with Crippen LogP contribution in [-0.2, 0) is 11.3 Å². The maximum Gasteiger partial charge on any atom is 0.413 e. The van der Waals surface area contributed by atoms with E-state index in [4.69, 9.17) is 4.74 Å². The minimum atomic E-state index is -0.535. The third kappa shape index (κ3) is 5.58. The molecular formula is C17H22N4O2. The lowest BCUT2D eigenvalue weighted by Crippen LogP contribution is -2.27. The van der Waals surface area contributed by atoms with Gasteiger partial charge in [-0.05, 0) is 57.0 Å². The Labute approximate surface area is 136 Å². The van der Waals surface area contributed by atoms with E-state index in [1.54, 1.807) is 18.5 Å². The van der Waals surface area contributed by atoms with Crippen molar-refractivity contribution < 1.29 is 9.53 Å². The van der Waals surface area contributed by atoms with Gasteiger partial charge in [0.2, 0.25) is 0 Å². The number of ether oxygens (including phenoxy) is 1. The van der Waals surface area contributed by atoms with E-state index in [0.717, 1.165) is 11.3 Å². The molecule has 2 N–H and O–H groups in total. The van der Waals surface area contributed by atoms with Crippen LogP contribution >= 0.6 is 0 Å². The van der Waals surface area contributed by atoms with E-state index in [1.807, 2.05) is 46.0 Å². The first kappa shape index (κ1) is 16.7. The van der Waals surface area contributed by atoms with Gasteiger partial charge in [-0.3, -0.25) is 10.3 Å². The topological polar surface area (TPSA) is 76.1 Å². The normalized spacial score (nSPS) is 11.0. The number of aromatic nitrogens is 2. The summed E-state index contributed by atoms with van der Waals surface area (Å²) < 4.78 is 5.18. The van der Waals surface area contributed by atoms with Crippen molar-refractivity contribution in [3.05, 3.63) is 47.9 Å². The average molecular weight is 314 g/mol. The number of aryl methyl sites for hydroxylation is 1. The Kier molecular flexibility index (Phi) is 5.16. The van der Waals surface area contributed by atoms with Crippen molar-refractivity contribution >= 4 is 17.6 Å². The monoisotopic (exact) mass is 314 g/mol. The summed E-state index contributed by atoms with van der Waals surface area (Å²) >= 11 is 0. The fourth-order valence-corrected chi connectivity index (χ4v) is 1.86. The lowest BCUT2D eigenvalue weighted by molar-refractivity contribution is 0.0635. The molecule has 0 aliphatic carbocycles. The van der Waals surface area contributed by atoms with Crippen molar-refractivity contribution in [1.29, 1.82) is 0 Å². The van der Waals surface area contributed by atoms with Gasteiger partial charge in [0, 0.05) is 18.9 Å². The maximum absolute atomic E-state index is 11.7. The fraction of sp³-hybridized carbons (Fsp3) is 0.353. The van der Waals surface area contributed by atoms with Gasteiger partial charge >= 0.3 is 6.09 Å². The van der Waals surface area contributed by atoms with E-state index >= 15 is 0 Å². The van der Waals surface area contributed by atoms with Crippen LogP contribution < -0.4 is 10.6 Å². The summed E-state index contributed by atoms with van der Waals surface area (Å²) in [4.78, 5) is 20.0. The number of carbonyl (C=O) groups is 1. The van der Waals surface area contributed by atoms with Crippen molar-refractivity contribution in [2.24, 2.45) is 0 Å². The molecule has 2 aromatic heterocycles. The zero-order chi connectivity index (χ0) is 16.9. The summed E-state index contributed by atoms with van der Waals surface area (Å²) in [6.07, 6.45) is 4.76. The zero-order valence-electron chi connectivity index (χ0n) is 13.9. The summed E-state index contributed by atoms with van der Waals surface area (Å²) in [5, 5.41) is 5.87. The molecule has 23 heavy (non-hydrogen) atoms. The van der Waals surface area contributed by atoms with E-state index in [9.17, 15) is 4.79 Å². The van der Waals surface area contributed by atoms with Crippen LogP contribution in [0.5, 0.6) is 0 Å². The van der Waals surface area contributed by atoms with Gasteiger partial charge in [-0.2, -0.15) is 0 Å². The molecule has 2 rings (SSSR count). The van der Waals surface area contributed by atoms with Crippen molar-refractivity contribution in [2.75, 3.05) is 10.6 Å². The van der Waals surface area contributed by atoms with Gasteiger partial charge in [0.1, 0.15) is 11.4 Å². The van der Waals surface area contributed by atoms with Crippen LogP contribution in [0.4, 0.5) is 16.3 Å². The van der Waals surface area contributed by atoms with E-state index in [2.05, 4.69) is 20.6 Å². The molecule has 0 aromatic carbocycles. The molecule has 122 valence electrons. The van der Waals surface area contributed by atoms with Crippen LogP contribution in [0.15, 0.2) is 36.8 Å². The molecule has 0 spiro atoms. The fourth-order valence-electron chi connectivity index (χ4n) is 1.86. The first-order valence-corrected chi connectivity index (χ1v) is 7.43.